The second kappa shape index (κ2) is 9.87. The van der Waals surface area contributed by atoms with E-state index >= 15 is 0 Å². The number of nitrogens with one attached hydrogen (secondary N) is 2. The first-order valence-corrected chi connectivity index (χ1v) is 12.1. The number of hydrogen-bond acceptors (Lipinski definition) is 4. The number of aliphatic imine (C=N–C) groups is 1. The molecule has 0 spiro atoms. The normalized spacial score (nSPS) is 19.0. The Bertz CT molecular complexity index is 1060. The number of likely N-dealkylation sites (tertiary alicyclic amines) is 1. The molecule has 4 rings (SSSR count). The molecule has 2 N–H and O–H groups in total. The number of likely N-dealkylation sites (N-methyl/N-ethyl adjacent to an activating group) is 1. The number of amidine groups is 1. The summed E-state index contributed by atoms with van der Waals surface area (Å²) in [5.74, 6) is 0.505. The minimum atomic E-state index is -1.01. The lowest BCUT2D eigenvalue weighted by Gasteiger charge is -2.26. The van der Waals surface area contributed by atoms with Crippen molar-refractivity contribution in [1.29, 1.82) is 0 Å². The van der Waals surface area contributed by atoms with Crippen molar-refractivity contribution in [3.05, 3.63) is 59.7 Å². The van der Waals surface area contributed by atoms with E-state index < -0.39 is 12.2 Å². The quantitative estimate of drug-likeness (QED) is 0.679. The van der Waals surface area contributed by atoms with Crippen molar-refractivity contribution in [2.75, 3.05) is 30.4 Å². The van der Waals surface area contributed by atoms with Crippen LogP contribution in [-0.4, -0.2) is 49.0 Å². The van der Waals surface area contributed by atoms with E-state index in [0.29, 0.717) is 5.69 Å². The molecule has 1 saturated heterocycles. The summed E-state index contributed by atoms with van der Waals surface area (Å²) in [5, 5.41) is 5.64. The summed E-state index contributed by atoms with van der Waals surface area (Å²) in [6.45, 7) is 8.23. The predicted molar refractivity (Wildman–Crippen MR) is 138 cm³/mol. The van der Waals surface area contributed by atoms with Crippen LogP contribution in [0.3, 0.4) is 0 Å². The molecule has 7 heteroatoms. The van der Waals surface area contributed by atoms with Gasteiger partial charge in [-0.2, -0.15) is 0 Å². The van der Waals surface area contributed by atoms with Gasteiger partial charge >= 0.3 is 6.03 Å². The van der Waals surface area contributed by atoms with Crippen LogP contribution in [0.2, 0.25) is 0 Å². The van der Waals surface area contributed by atoms with E-state index in [2.05, 4.69) is 36.3 Å². The van der Waals surface area contributed by atoms with Crippen LogP contribution >= 0.6 is 0 Å². The molecule has 2 aliphatic heterocycles. The Morgan fingerprint density at radius 3 is 2.26 bits per heavy atom. The lowest BCUT2D eigenvalue weighted by atomic mass is 9.87. The fourth-order valence-corrected chi connectivity index (χ4v) is 4.48. The van der Waals surface area contributed by atoms with Crippen molar-refractivity contribution in [2.45, 2.75) is 58.0 Å². The van der Waals surface area contributed by atoms with E-state index in [0.717, 1.165) is 43.0 Å². The van der Waals surface area contributed by atoms with Crippen molar-refractivity contribution < 1.29 is 9.59 Å². The van der Waals surface area contributed by atoms with Crippen LogP contribution in [0.1, 0.15) is 57.6 Å². The van der Waals surface area contributed by atoms with E-state index in [1.807, 2.05) is 48.5 Å². The van der Waals surface area contributed by atoms with Crippen molar-refractivity contribution >= 4 is 29.1 Å². The maximum absolute atomic E-state index is 13.3. The summed E-state index contributed by atoms with van der Waals surface area (Å²) in [6.07, 6.45) is 3.57. The number of hydrogen-bond donors (Lipinski definition) is 2. The molecule has 1 atom stereocenters. The SMILES string of the molecule is CN1C(=O)[C@H](NC(=O)Nc2ccc(C(C)(C)C)cc2)N=C(N2CCCCCC2)c2ccccc21. The first-order valence-electron chi connectivity index (χ1n) is 12.1. The second-order valence-corrected chi connectivity index (χ2v) is 10.1. The smallest absolute Gasteiger partial charge is 0.321 e. The summed E-state index contributed by atoms with van der Waals surface area (Å²) in [5.41, 5.74) is 3.61. The third kappa shape index (κ3) is 5.24. The minimum absolute atomic E-state index is 0.0333. The monoisotopic (exact) mass is 461 g/mol. The number of nitrogens with zero attached hydrogens (tertiary/aromatic N) is 3. The molecule has 2 heterocycles. The molecule has 1 fully saturated rings. The highest BCUT2D eigenvalue weighted by atomic mass is 16.2. The highest BCUT2D eigenvalue weighted by molar-refractivity contribution is 6.12. The van der Waals surface area contributed by atoms with Gasteiger partial charge in [0.2, 0.25) is 6.17 Å². The van der Waals surface area contributed by atoms with Crippen LogP contribution in [0.25, 0.3) is 0 Å². The zero-order valence-electron chi connectivity index (χ0n) is 20.6. The third-order valence-corrected chi connectivity index (χ3v) is 6.50. The first kappa shape index (κ1) is 23.8. The summed E-state index contributed by atoms with van der Waals surface area (Å²) < 4.78 is 0. The van der Waals surface area contributed by atoms with Crippen LogP contribution in [0.4, 0.5) is 16.2 Å². The van der Waals surface area contributed by atoms with Crippen LogP contribution in [-0.2, 0) is 10.2 Å². The number of fused-ring (bicyclic) bond motifs is 1. The molecule has 0 bridgehead atoms. The lowest BCUT2D eigenvalue weighted by molar-refractivity contribution is -0.119. The largest absolute Gasteiger partial charge is 0.356 e. The van der Waals surface area contributed by atoms with E-state index in [9.17, 15) is 9.59 Å². The maximum Gasteiger partial charge on any atom is 0.321 e. The predicted octanol–water partition coefficient (Wildman–Crippen LogP) is 4.73. The number of carbonyl (C=O) groups is 2. The molecule has 0 aromatic heterocycles. The van der Waals surface area contributed by atoms with Gasteiger partial charge in [-0.3, -0.25) is 4.79 Å². The molecule has 3 amide bonds. The van der Waals surface area contributed by atoms with Crippen LogP contribution < -0.4 is 15.5 Å². The highest BCUT2D eigenvalue weighted by Crippen LogP contribution is 2.27. The summed E-state index contributed by atoms with van der Waals surface area (Å²) in [7, 11) is 1.74. The fraction of sp³-hybridized carbons (Fsp3) is 0.444. The molecule has 7 nitrogen and oxygen atoms in total. The number of carbonyl (C=O) groups excluding carboxylic acids is 2. The van der Waals surface area contributed by atoms with Crippen LogP contribution in [0.15, 0.2) is 53.5 Å². The molecule has 0 saturated carbocycles. The summed E-state index contributed by atoms with van der Waals surface area (Å²) >= 11 is 0. The maximum atomic E-state index is 13.3. The second-order valence-electron chi connectivity index (χ2n) is 10.1. The average molecular weight is 462 g/mol. The van der Waals surface area contributed by atoms with Gasteiger partial charge in [0.25, 0.3) is 5.91 Å². The fourth-order valence-electron chi connectivity index (χ4n) is 4.48. The van der Waals surface area contributed by atoms with Crippen LogP contribution in [0.5, 0.6) is 0 Å². The first-order chi connectivity index (χ1) is 16.2. The van der Waals surface area contributed by atoms with E-state index in [1.54, 1.807) is 11.9 Å². The number of benzene rings is 2. The summed E-state index contributed by atoms with van der Waals surface area (Å²) in [6, 6.07) is 15.1. The zero-order chi connectivity index (χ0) is 24.3. The number of rotatable bonds is 2. The van der Waals surface area contributed by atoms with E-state index in [4.69, 9.17) is 4.99 Å². The Labute approximate surface area is 202 Å². The van der Waals surface area contributed by atoms with E-state index in [-0.39, 0.29) is 11.3 Å². The van der Waals surface area contributed by atoms with Gasteiger partial charge in [-0.25, -0.2) is 9.79 Å². The Balaban J connectivity index is 1.58. The molecule has 0 aliphatic carbocycles. The molecule has 0 radical (unpaired) electrons. The minimum Gasteiger partial charge on any atom is -0.356 e. The van der Waals surface area contributed by atoms with Crippen molar-refractivity contribution in [2.24, 2.45) is 4.99 Å². The van der Waals surface area contributed by atoms with Gasteiger partial charge < -0.3 is 20.4 Å². The van der Waals surface area contributed by atoms with Crippen molar-refractivity contribution in [3.63, 3.8) is 0 Å². The van der Waals surface area contributed by atoms with Crippen molar-refractivity contribution in [3.8, 4) is 0 Å². The third-order valence-electron chi connectivity index (χ3n) is 6.50. The van der Waals surface area contributed by atoms with Gasteiger partial charge in [0.1, 0.15) is 5.84 Å². The molecule has 34 heavy (non-hydrogen) atoms. The topological polar surface area (TPSA) is 77.0 Å². The van der Waals surface area contributed by atoms with E-state index in [1.165, 1.54) is 18.4 Å². The van der Waals surface area contributed by atoms with Crippen LogP contribution in [0, 0.1) is 0 Å². The summed E-state index contributed by atoms with van der Waals surface area (Å²) in [4.78, 5) is 34.8. The van der Waals surface area contributed by atoms with Gasteiger partial charge in [0.15, 0.2) is 0 Å². The molecule has 2 aliphatic rings. The van der Waals surface area contributed by atoms with Gasteiger partial charge in [-0.15, -0.1) is 0 Å². The Morgan fingerprint density at radius 1 is 0.971 bits per heavy atom. The molecule has 0 unspecified atom stereocenters. The number of anilines is 2. The number of amides is 3. The molecule has 2 aromatic rings. The molecule has 180 valence electrons. The molecular weight excluding hydrogens is 426 g/mol. The Morgan fingerprint density at radius 2 is 1.62 bits per heavy atom. The van der Waals surface area contributed by atoms with Gasteiger partial charge in [-0.1, -0.05) is 57.9 Å². The highest BCUT2D eigenvalue weighted by Gasteiger charge is 2.32. The van der Waals surface area contributed by atoms with Gasteiger partial charge in [0.05, 0.1) is 5.69 Å². The standard InChI is InChI=1S/C27H35N5O2/c1-27(2,3)19-13-15-20(16-14-19)28-26(34)30-23-25(33)31(4)22-12-8-7-11-21(22)24(29-23)32-17-9-5-6-10-18-32/h7-8,11-16,23H,5-6,9-10,17-18H2,1-4H3,(H2,28,30,34)/t23-/m0/s1. The molecular formula is C27H35N5O2. The lowest BCUT2D eigenvalue weighted by Crippen LogP contribution is -2.47. The zero-order valence-corrected chi connectivity index (χ0v) is 20.6. The molecule has 2 aromatic carbocycles. The Hall–Kier alpha value is -3.35. The number of urea groups is 1. The average Bonchev–Trinajstić information content (AvgIpc) is 3.14. The van der Waals surface area contributed by atoms with Gasteiger partial charge in [0, 0.05) is 31.4 Å². The van der Waals surface area contributed by atoms with Gasteiger partial charge in [-0.05, 0) is 48.1 Å². The number of benzodiazepines with no additional fused rings is 1. The van der Waals surface area contributed by atoms with Crippen molar-refractivity contribution in [1.82, 2.24) is 10.2 Å². The Kier molecular flexibility index (Phi) is 6.91. The number of para-hydroxylation sites is 1.